The zero-order valence-corrected chi connectivity index (χ0v) is 12.2. The van der Waals surface area contributed by atoms with Crippen molar-refractivity contribution in [3.8, 4) is 0 Å². The minimum absolute atomic E-state index is 0.107. The van der Waals surface area contributed by atoms with E-state index in [4.69, 9.17) is 0 Å². The number of benzene rings is 1. The number of fused-ring (bicyclic) bond motifs is 1. The van der Waals surface area contributed by atoms with E-state index in [1.165, 1.54) is 11.3 Å². The van der Waals surface area contributed by atoms with Gasteiger partial charge in [0.1, 0.15) is 0 Å². The molecule has 0 atom stereocenters. The molecule has 3 nitrogen and oxygen atoms in total. The van der Waals surface area contributed by atoms with Crippen molar-refractivity contribution in [2.75, 3.05) is 5.32 Å². The highest BCUT2D eigenvalue weighted by Gasteiger charge is 2.10. The van der Waals surface area contributed by atoms with Crippen LogP contribution in [0.25, 0.3) is 10.9 Å². The van der Waals surface area contributed by atoms with Crippen molar-refractivity contribution in [3.63, 3.8) is 0 Å². The van der Waals surface area contributed by atoms with Crippen LogP contribution in [0.1, 0.15) is 9.67 Å². The lowest BCUT2D eigenvalue weighted by Gasteiger charge is -2.08. The Morgan fingerprint density at radius 3 is 2.89 bits per heavy atom. The van der Waals surface area contributed by atoms with Gasteiger partial charge in [0.15, 0.2) is 0 Å². The Morgan fingerprint density at radius 1 is 1.21 bits per heavy atom. The Kier molecular flexibility index (Phi) is 3.31. The summed E-state index contributed by atoms with van der Waals surface area (Å²) < 4.78 is 0.963. The highest BCUT2D eigenvalue weighted by atomic mass is 79.9. The van der Waals surface area contributed by atoms with Crippen LogP contribution in [-0.4, -0.2) is 10.9 Å². The van der Waals surface area contributed by atoms with Crippen molar-refractivity contribution in [2.45, 2.75) is 0 Å². The second kappa shape index (κ2) is 5.11. The molecule has 0 fully saturated rings. The number of carbonyl (C=O) groups excluding carboxylic acids is 1. The molecule has 1 aromatic carbocycles. The predicted molar refractivity (Wildman–Crippen MR) is 81.7 cm³/mol. The van der Waals surface area contributed by atoms with Gasteiger partial charge >= 0.3 is 0 Å². The molecule has 0 radical (unpaired) electrons. The second-order valence-corrected chi connectivity index (χ2v) is 5.73. The molecule has 0 aliphatic carbocycles. The fraction of sp³-hybridized carbons (Fsp3) is 0. The van der Waals surface area contributed by atoms with Crippen LogP contribution in [0.15, 0.2) is 52.4 Å². The lowest BCUT2D eigenvalue weighted by atomic mass is 10.2. The van der Waals surface area contributed by atoms with Gasteiger partial charge < -0.3 is 5.32 Å². The average Bonchev–Trinajstić information content (AvgIpc) is 2.96. The van der Waals surface area contributed by atoms with Gasteiger partial charge in [0, 0.05) is 16.1 Å². The molecule has 2 heterocycles. The van der Waals surface area contributed by atoms with Gasteiger partial charge in [-0.05, 0) is 29.6 Å². The van der Waals surface area contributed by atoms with E-state index in [9.17, 15) is 4.79 Å². The van der Waals surface area contributed by atoms with E-state index < -0.39 is 0 Å². The fourth-order valence-electron chi connectivity index (χ4n) is 1.83. The Balaban J connectivity index is 2.02. The molecule has 3 aromatic rings. The number of aromatic nitrogens is 1. The molecule has 0 bridgehead atoms. The first kappa shape index (κ1) is 12.3. The second-order valence-electron chi connectivity index (χ2n) is 3.93. The first-order valence-corrected chi connectivity index (χ1v) is 7.31. The first-order valence-electron chi connectivity index (χ1n) is 5.64. The largest absolute Gasteiger partial charge is 0.319 e. The molecule has 3 rings (SSSR count). The lowest BCUT2D eigenvalue weighted by Crippen LogP contribution is -2.10. The molecular weight excluding hydrogens is 324 g/mol. The van der Waals surface area contributed by atoms with Crippen LogP contribution >= 0.6 is 27.3 Å². The molecule has 0 saturated heterocycles. The molecule has 1 amide bonds. The molecule has 0 unspecified atom stereocenters. The van der Waals surface area contributed by atoms with Crippen molar-refractivity contribution >= 4 is 49.8 Å². The Hall–Kier alpha value is -1.72. The molecule has 0 aliphatic heterocycles. The minimum atomic E-state index is -0.107. The summed E-state index contributed by atoms with van der Waals surface area (Å²) in [5, 5.41) is 5.76. The summed E-state index contributed by atoms with van der Waals surface area (Å²) in [5.41, 5.74) is 1.50. The predicted octanol–water partition coefficient (Wildman–Crippen LogP) is 4.31. The van der Waals surface area contributed by atoms with E-state index in [2.05, 4.69) is 26.2 Å². The van der Waals surface area contributed by atoms with Gasteiger partial charge in [-0.3, -0.25) is 9.78 Å². The van der Waals surface area contributed by atoms with Crippen LogP contribution in [0.2, 0.25) is 0 Å². The average molecular weight is 333 g/mol. The van der Waals surface area contributed by atoms with E-state index in [1.807, 2.05) is 35.7 Å². The number of carbonyl (C=O) groups is 1. The number of nitrogens with one attached hydrogen (secondary N) is 1. The van der Waals surface area contributed by atoms with Crippen LogP contribution in [0.4, 0.5) is 5.69 Å². The number of anilines is 1. The number of rotatable bonds is 2. The monoisotopic (exact) mass is 332 g/mol. The highest BCUT2D eigenvalue weighted by molar-refractivity contribution is 9.10. The number of nitrogens with zero attached hydrogens (tertiary/aromatic N) is 1. The van der Waals surface area contributed by atoms with Gasteiger partial charge in [0.05, 0.1) is 16.1 Å². The van der Waals surface area contributed by atoms with Crippen LogP contribution in [0.5, 0.6) is 0 Å². The molecule has 0 aliphatic rings. The zero-order valence-electron chi connectivity index (χ0n) is 9.76. The van der Waals surface area contributed by atoms with Crippen molar-refractivity contribution in [3.05, 3.63) is 57.3 Å². The van der Waals surface area contributed by atoms with E-state index in [0.717, 1.165) is 21.1 Å². The van der Waals surface area contributed by atoms with Gasteiger partial charge in [-0.2, -0.15) is 0 Å². The quantitative estimate of drug-likeness (QED) is 0.759. The molecule has 94 valence electrons. The Bertz CT molecular complexity index is 740. The zero-order chi connectivity index (χ0) is 13.2. The fourth-order valence-corrected chi connectivity index (χ4v) is 2.90. The van der Waals surface area contributed by atoms with Crippen molar-refractivity contribution < 1.29 is 4.79 Å². The van der Waals surface area contributed by atoms with Crippen molar-refractivity contribution in [1.82, 2.24) is 4.98 Å². The third kappa shape index (κ3) is 2.39. The van der Waals surface area contributed by atoms with E-state index >= 15 is 0 Å². The Morgan fingerprint density at radius 2 is 2.11 bits per heavy atom. The van der Waals surface area contributed by atoms with Crippen LogP contribution in [0, 0.1) is 0 Å². The maximum atomic E-state index is 12.1. The molecule has 1 N–H and O–H groups in total. The number of hydrogen-bond donors (Lipinski definition) is 1. The summed E-state index contributed by atoms with van der Waals surface area (Å²) in [5.74, 6) is -0.107. The molecular formula is C14H9BrN2OS. The lowest BCUT2D eigenvalue weighted by molar-refractivity contribution is 0.103. The van der Waals surface area contributed by atoms with Crippen LogP contribution in [0.3, 0.4) is 0 Å². The molecule has 2 aromatic heterocycles. The third-order valence-corrected chi connectivity index (χ3v) is 4.27. The van der Waals surface area contributed by atoms with Gasteiger partial charge in [0.25, 0.3) is 5.91 Å². The smallest absolute Gasteiger partial charge is 0.265 e. The minimum Gasteiger partial charge on any atom is -0.319 e. The maximum Gasteiger partial charge on any atom is 0.265 e. The summed E-state index contributed by atoms with van der Waals surface area (Å²) in [7, 11) is 0. The molecule has 0 saturated carbocycles. The van der Waals surface area contributed by atoms with Gasteiger partial charge in [-0.1, -0.05) is 28.1 Å². The van der Waals surface area contributed by atoms with Gasteiger partial charge in [0.2, 0.25) is 0 Å². The number of amides is 1. The first-order chi connectivity index (χ1) is 9.25. The number of thiophene rings is 1. The standard InChI is InChI=1S/C14H9BrN2OS/c15-10-5-6-11(13-9(10)3-1-7-16-13)17-14(18)12-4-2-8-19-12/h1-8H,(H,17,18). The normalized spacial score (nSPS) is 10.6. The third-order valence-electron chi connectivity index (χ3n) is 2.71. The molecule has 5 heteroatoms. The van der Waals surface area contributed by atoms with Gasteiger partial charge in [-0.25, -0.2) is 0 Å². The molecule has 0 spiro atoms. The topological polar surface area (TPSA) is 42.0 Å². The number of halogens is 1. The van der Waals surface area contributed by atoms with Gasteiger partial charge in [-0.15, -0.1) is 11.3 Å². The molecule has 19 heavy (non-hydrogen) atoms. The van der Waals surface area contributed by atoms with Crippen LogP contribution in [-0.2, 0) is 0 Å². The van der Waals surface area contributed by atoms with E-state index in [0.29, 0.717) is 4.88 Å². The summed E-state index contributed by atoms with van der Waals surface area (Å²) in [6, 6.07) is 11.3. The van der Waals surface area contributed by atoms with Crippen molar-refractivity contribution in [1.29, 1.82) is 0 Å². The highest BCUT2D eigenvalue weighted by Crippen LogP contribution is 2.28. The summed E-state index contributed by atoms with van der Waals surface area (Å²) in [6.07, 6.45) is 1.72. The van der Waals surface area contributed by atoms with Crippen molar-refractivity contribution in [2.24, 2.45) is 0 Å². The van der Waals surface area contributed by atoms with E-state index in [-0.39, 0.29) is 5.91 Å². The maximum absolute atomic E-state index is 12.1. The van der Waals surface area contributed by atoms with E-state index in [1.54, 1.807) is 12.3 Å². The summed E-state index contributed by atoms with van der Waals surface area (Å²) >= 11 is 4.90. The SMILES string of the molecule is O=C(Nc1ccc(Br)c2cccnc12)c1cccs1. The summed E-state index contributed by atoms with van der Waals surface area (Å²) in [4.78, 5) is 17.1. The summed E-state index contributed by atoms with van der Waals surface area (Å²) in [6.45, 7) is 0. The number of pyridine rings is 1. The van der Waals surface area contributed by atoms with Crippen LogP contribution < -0.4 is 5.32 Å². The Labute approximate surface area is 122 Å². The number of hydrogen-bond acceptors (Lipinski definition) is 3.